The summed E-state index contributed by atoms with van der Waals surface area (Å²) in [5, 5.41) is 10.7. The minimum Gasteiger partial charge on any atom is -0.481 e. The Morgan fingerprint density at radius 2 is 1.50 bits per heavy atom. The number of hydrogen-bond acceptors (Lipinski definition) is 6. The van der Waals surface area contributed by atoms with Crippen molar-refractivity contribution in [3.05, 3.63) is 24.3 Å². The van der Waals surface area contributed by atoms with Gasteiger partial charge in [0.1, 0.15) is 6.42 Å². The maximum atomic E-state index is 11.6. The molecule has 22 heavy (non-hydrogen) atoms. The molecule has 2 N–H and O–H groups in total. The highest BCUT2D eigenvalue weighted by Gasteiger charge is 2.27. The highest BCUT2D eigenvalue weighted by atomic mass is 32.3. The van der Waals surface area contributed by atoms with Gasteiger partial charge < -0.3 is 10.4 Å². The number of anilines is 2. The molecule has 0 saturated heterocycles. The number of carboxylic acids is 1. The number of carboxylic acid groups (broad SMARTS) is 1. The lowest BCUT2D eigenvalue weighted by molar-refractivity contribution is -0.139. The van der Waals surface area contributed by atoms with E-state index in [4.69, 9.17) is 5.11 Å². The summed E-state index contributed by atoms with van der Waals surface area (Å²) in [5.74, 6) is -2.06. The van der Waals surface area contributed by atoms with Gasteiger partial charge in [-0.05, 0) is 24.3 Å². The first-order valence-corrected chi connectivity index (χ1v) is 9.43. The standard InChI is InChI=1S/C11H14N2O7S2/c1-21(17,18)13(22(2,19)20)9-5-3-8(4-6-9)12-10(14)7-11(15)16/h3-6H,7H2,1-2H3,(H,12,14)(H,15,16). The Kier molecular flexibility index (Phi) is 5.14. The summed E-state index contributed by atoms with van der Waals surface area (Å²) in [6.07, 6.45) is 0.772. The van der Waals surface area contributed by atoms with Crippen LogP contribution in [0.5, 0.6) is 0 Å². The highest BCUT2D eigenvalue weighted by Crippen LogP contribution is 2.23. The fraction of sp³-hybridized carbons (Fsp3) is 0.273. The van der Waals surface area contributed by atoms with Gasteiger partial charge in [0.15, 0.2) is 0 Å². The SMILES string of the molecule is CS(=O)(=O)N(c1ccc(NC(=O)CC(=O)O)cc1)S(C)(=O)=O. The van der Waals surface area contributed by atoms with E-state index >= 15 is 0 Å². The van der Waals surface area contributed by atoms with Crippen molar-refractivity contribution < 1.29 is 31.5 Å². The number of nitrogens with one attached hydrogen (secondary N) is 1. The van der Waals surface area contributed by atoms with Gasteiger partial charge in [-0.2, -0.15) is 3.71 Å². The summed E-state index contributed by atoms with van der Waals surface area (Å²) in [7, 11) is -8.09. The van der Waals surface area contributed by atoms with Gasteiger partial charge in [0.05, 0.1) is 18.2 Å². The van der Waals surface area contributed by atoms with Crippen molar-refractivity contribution in [2.75, 3.05) is 21.5 Å². The van der Waals surface area contributed by atoms with E-state index in [1.165, 1.54) is 24.3 Å². The molecule has 1 amide bonds. The number of carbonyl (C=O) groups excluding carboxylic acids is 1. The second-order valence-corrected chi connectivity index (χ2v) is 8.28. The topological polar surface area (TPSA) is 138 Å². The van der Waals surface area contributed by atoms with Crippen molar-refractivity contribution in [1.29, 1.82) is 0 Å². The molecule has 9 nitrogen and oxygen atoms in total. The number of amides is 1. The predicted molar refractivity (Wildman–Crippen MR) is 79.5 cm³/mol. The monoisotopic (exact) mass is 350 g/mol. The number of aliphatic carboxylic acids is 1. The molecule has 0 bridgehead atoms. The summed E-state index contributed by atoms with van der Waals surface area (Å²) in [4.78, 5) is 21.6. The third-order valence-electron chi connectivity index (χ3n) is 2.28. The molecule has 1 rings (SSSR count). The number of rotatable bonds is 6. The Morgan fingerprint density at radius 1 is 1.05 bits per heavy atom. The molecule has 1 aromatic rings. The normalized spacial score (nSPS) is 11.7. The van der Waals surface area contributed by atoms with Crippen LogP contribution < -0.4 is 9.03 Å². The van der Waals surface area contributed by atoms with Crippen LogP contribution in [0.3, 0.4) is 0 Å². The number of carbonyl (C=O) groups is 2. The molecule has 0 atom stereocenters. The van der Waals surface area contributed by atoms with Crippen molar-refractivity contribution >= 4 is 43.3 Å². The molecule has 1 aromatic carbocycles. The van der Waals surface area contributed by atoms with Crippen LogP contribution in [0.15, 0.2) is 24.3 Å². The molecule has 0 aromatic heterocycles. The van der Waals surface area contributed by atoms with Gasteiger partial charge in [0.2, 0.25) is 26.0 Å². The second kappa shape index (κ2) is 6.32. The van der Waals surface area contributed by atoms with Gasteiger partial charge >= 0.3 is 5.97 Å². The molecular formula is C11H14N2O7S2. The lowest BCUT2D eigenvalue weighted by Crippen LogP contribution is -2.35. The van der Waals surface area contributed by atoms with Gasteiger partial charge in [-0.1, -0.05) is 0 Å². The zero-order valence-corrected chi connectivity index (χ0v) is 13.3. The molecule has 0 aliphatic rings. The number of hydrogen-bond donors (Lipinski definition) is 2. The zero-order chi connectivity index (χ0) is 17.1. The molecule has 0 aliphatic carbocycles. The Labute approximate surface area is 127 Å². The zero-order valence-electron chi connectivity index (χ0n) is 11.7. The fourth-order valence-electron chi connectivity index (χ4n) is 1.64. The van der Waals surface area contributed by atoms with E-state index in [-0.39, 0.29) is 15.1 Å². The van der Waals surface area contributed by atoms with Crippen LogP contribution in [-0.4, -0.2) is 46.3 Å². The summed E-state index contributed by atoms with van der Waals surface area (Å²) in [6, 6.07) is 4.88. The van der Waals surface area contributed by atoms with E-state index in [0.717, 1.165) is 12.5 Å². The Balaban J connectivity index is 3.06. The van der Waals surface area contributed by atoms with Crippen molar-refractivity contribution in [2.24, 2.45) is 0 Å². The fourth-order valence-corrected chi connectivity index (χ4v) is 4.61. The first-order valence-electron chi connectivity index (χ1n) is 5.73. The molecule has 0 radical (unpaired) electrons. The maximum Gasteiger partial charge on any atom is 0.312 e. The van der Waals surface area contributed by atoms with Crippen molar-refractivity contribution in [1.82, 2.24) is 0 Å². The molecule has 0 saturated carbocycles. The van der Waals surface area contributed by atoms with Gasteiger partial charge in [-0.15, -0.1) is 0 Å². The molecular weight excluding hydrogens is 336 g/mol. The maximum absolute atomic E-state index is 11.6. The Morgan fingerprint density at radius 3 is 1.86 bits per heavy atom. The predicted octanol–water partition coefficient (Wildman–Crippen LogP) is -0.175. The lowest BCUT2D eigenvalue weighted by atomic mass is 10.3. The van der Waals surface area contributed by atoms with E-state index in [0.29, 0.717) is 0 Å². The summed E-state index contributed by atoms with van der Waals surface area (Å²) >= 11 is 0. The van der Waals surface area contributed by atoms with Crippen LogP contribution in [0, 0.1) is 0 Å². The number of nitrogens with zero attached hydrogens (tertiary/aromatic N) is 1. The first-order chi connectivity index (χ1) is 9.91. The van der Waals surface area contributed by atoms with Crippen LogP contribution in [-0.2, 0) is 29.6 Å². The van der Waals surface area contributed by atoms with E-state index in [2.05, 4.69) is 5.32 Å². The van der Waals surface area contributed by atoms with E-state index in [1.807, 2.05) is 0 Å². The molecule has 122 valence electrons. The summed E-state index contributed by atoms with van der Waals surface area (Å²) in [5.41, 5.74) is 0.0817. The van der Waals surface area contributed by atoms with Crippen molar-refractivity contribution in [3.63, 3.8) is 0 Å². The van der Waals surface area contributed by atoms with Crippen LogP contribution in [0.4, 0.5) is 11.4 Å². The minimum absolute atomic E-state index is 0.124. The lowest BCUT2D eigenvalue weighted by Gasteiger charge is -2.19. The summed E-state index contributed by atoms with van der Waals surface area (Å²) in [6.45, 7) is 0. The van der Waals surface area contributed by atoms with E-state index in [1.54, 1.807) is 0 Å². The quantitative estimate of drug-likeness (QED) is 0.679. The molecule has 0 heterocycles. The number of benzene rings is 1. The number of sulfonamides is 2. The van der Waals surface area contributed by atoms with Gasteiger partial charge in [-0.25, -0.2) is 16.8 Å². The second-order valence-electron chi connectivity index (χ2n) is 4.39. The van der Waals surface area contributed by atoms with Gasteiger partial charge in [0.25, 0.3) is 0 Å². The largest absolute Gasteiger partial charge is 0.481 e. The van der Waals surface area contributed by atoms with Crippen molar-refractivity contribution in [2.45, 2.75) is 6.42 Å². The van der Waals surface area contributed by atoms with Crippen LogP contribution >= 0.6 is 0 Å². The van der Waals surface area contributed by atoms with Crippen LogP contribution in [0.2, 0.25) is 0 Å². The van der Waals surface area contributed by atoms with E-state index in [9.17, 15) is 26.4 Å². The molecule has 0 unspecified atom stereocenters. The average molecular weight is 350 g/mol. The Bertz CT molecular complexity index is 750. The highest BCUT2D eigenvalue weighted by molar-refractivity contribution is 8.09. The van der Waals surface area contributed by atoms with Gasteiger partial charge in [-0.3, -0.25) is 9.59 Å². The first kappa shape index (κ1) is 17.9. The minimum atomic E-state index is -4.05. The van der Waals surface area contributed by atoms with Crippen LogP contribution in [0.1, 0.15) is 6.42 Å². The van der Waals surface area contributed by atoms with Gasteiger partial charge in [0, 0.05) is 5.69 Å². The average Bonchev–Trinajstić information content (AvgIpc) is 2.26. The molecule has 11 heteroatoms. The smallest absolute Gasteiger partial charge is 0.312 e. The Hall–Kier alpha value is -2.14. The summed E-state index contributed by atoms with van der Waals surface area (Å²) < 4.78 is 46.5. The van der Waals surface area contributed by atoms with Crippen LogP contribution in [0.25, 0.3) is 0 Å². The van der Waals surface area contributed by atoms with E-state index < -0.39 is 38.3 Å². The molecule has 0 spiro atoms. The molecule has 0 fully saturated rings. The molecule has 0 aliphatic heterocycles. The third kappa shape index (κ3) is 5.00. The third-order valence-corrected chi connectivity index (χ3v) is 5.53. The van der Waals surface area contributed by atoms with Crippen molar-refractivity contribution in [3.8, 4) is 0 Å².